The summed E-state index contributed by atoms with van der Waals surface area (Å²) in [4.78, 5) is 11.2. The van der Waals surface area contributed by atoms with Gasteiger partial charge in [-0.1, -0.05) is 46.9 Å². The minimum Gasteiger partial charge on any atom is -0.507 e. The number of halogens is 4. The van der Waals surface area contributed by atoms with Gasteiger partial charge in [0, 0.05) is 22.0 Å². The highest BCUT2D eigenvalue weighted by atomic mass is 35.5. The molecule has 1 amide bonds. The Kier molecular flexibility index (Phi) is 6.76. The molecule has 156 valence electrons. The number of hydrogen-bond acceptors (Lipinski definition) is 3. The maximum absolute atomic E-state index is 13.5. The normalized spacial score (nSPS) is 11.9. The van der Waals surface area contributed by atoms with Crippen molar-refractivity contribution in [2.45, 2.75) is 19.4 Å². The van der Waals surface area contributed by atoms with Crippen molar-refractivity contribution < 1.29 is 19.0 Å². The lowest BCUT2D eigenvalue weighted by Crippen LogP contribution is -2.30. The van der Waals surface area contributed by atoms with Crippen molar-refractivity contribution in [3.05, 3.63) is 80.5 Å². The van der Waals surface area contributed by atoms with Gasteiger partial charge in [0.15, 0.2) is 6.10 Å². The van der Waals surface area contributed by atoms with Crippen LogP contribution in [0.2, 0.25) is 15.1 Å². The number of ether oxygens (including phenoxy) is 1. The quantitative estimate of drug-likeness (QED) is 0.466. The van der Waals surface area contributed by atoms with Crippen molar-refractivity contribution in [2.75, 3.05) is 0 Å². The number of phenolic OH excluding ortho intramolecular Hbond substituents is 1. The zero-order chi connectivity index (χ0) is 22.0. The number of rotatable bonds is 6. The average Bonchev–Trinajstić information content (AvgIpc) is 2.68. The summed E-state index contributed by atoms with van der Waals surface area (Å²) in [5.41, 5.74) is 7.73. The fourth-order valence-corrected chi connectivity index (χ4v) is 3.65. The number of benzene rings is 3. The number of phenols is 1. The van der Waals surface area contributed by atoms with E-state index in [1.807, 2.05) is 0 Å². The van der Waals surface area contributed by atoms with Gasteiger partial charge >= 0.3 is 0 Å². The van der Waals surface area contributed by atoms with Crippen LogP contribution in [0.25, 0.3) is 11.1 Å². The Hall–Kier alpha value is -2.47. The standard InChI is InChI=1S/C22H17Cl3FNO3/c1-11(22(27)29)30-14-9-17(23)16(18(24)10-14)7-12-2-5-21(28)15(6-12)13-3-4-20(26)19(25)8-13/h2-6,8-11,28H,7H2,1H3,(H2,27,29)/t11-/m1/s1. The summed E-state index contributed by atoms with van der Waals surface area (Å²) in [6, 6.07) is 12.4. The molecular weight excluding hydrogens is 452 g/mol. The number of carbonyl (C=O) groups excluding carboxylic acids is 1. The summed E-state index contributed by atoms with van der Waals surface area (Å²) >= 11 is 18.6. The average molecular weight is 469 g/mol. The number of carbonyl (C=O) groups is 1. The van der Waals surface area contributed by atoms with Crippen LogP contribution in [0.4, 0.5) is 4.39 Å². The van der Waals surface area contributed by atoms with Crippen molar-refractivity contribution in [1.29, 1.82) is 0 Å². The zero-order valence-corrected chi connectivity index (χ0v) is 18.0. The molecule has 8 heteroatoms. The number of nitrogens with two attached hydrogens (primary N) is 1. The fraction of sp³-hybridized carbons (Fsp3) is 0.136. The van der Waals surface area contributed by atoms with Crippen LogP contribution < -0.4 is 10.5 Å². The fourth-order valence-electron chi connectivity index (χ4n) is 2.87. The van der Waals surface area contributed by atoms with E-state index in [0.717, 1.165) is 5.56 Å². The van der Waals surface area contributed by atoms with Crippen LogP contribution in [0, 0.1) is 5.82 Å². The Morgan fingerprint density at radius 1 is 1.07 bits per heavy atom. The second-order valence-electron chi connectivity index (χ2n) is 6.69. The van der Waals surface area contributed by atoms with Gasteiger partial charge in [-0.25, -0.2) is 4.39 Å². The van der Waals surface area contributed by atoms with Crippen molar-refractivity contribution in [3.63, 3.8) is 0 Å². The van der Waals surface area contributed by atoms with E-state index >= 15 is 0 Å². The molecule has 0 aliphatic carbocycles. The smallest absolute Gasteiger partial charge is 0.258 e. The number of aromatic hydroxyl groups is 1. The summed E-state index contributed by atoms with van der Waals surface area (Å²) in [5.74, 6) is -0.790. The Morgan fingerprint density at radius 3 is 2.33 bits per heavy atom. The van der Waals surface area contributed by atoms with Gasteiger partial charge in [0.25, 0.3) is 5.91 Å². The molecule has 3 aromatic rings. The van der Waals surface area contributed by atoms with Crippen LogP contribution in [0.3, 0.4) is 0 Å². The van der Waals surface area contributed by atoms with Crippen molar-refractivity contribution in [1.82, 2.24) is 0 Å². The van der Waals surface area contributed by atoms with E-state index in [1.54, 1.807) is 24.3 Å². The predicted octanol–water partition coefficient (Wildman–Crippen LogP) is 6.00. The summed E-state index contributed by atoms with van der Waals surface area (Å²) in [7, 11) is 0. The highest BCUT2D eigenvalue weighted by molar-refractivity contribution is 6.36. The maximum atomic E-state index is 13.5. The van der Waals surface area contributed by atoms with Gasteiger partial charge in [0.2, 0.25) is 0 Å². The van der Waals surface area contributed by atoms with Crippen molar-refractivity contribution in [2.24, 2.45) is 5.73 Å². The minimum atomic E-state index is -0.829. The first-order valence-electron chi connectivity index (χ1n) is 8.87. The minimum absolute atomic E-state index is 0.0304. The number of primary amides is 1. The van der Waals surface area contributed by atoms with Crippen LogP contribution in [0.15, 0.2) is 48.5 Å². The lowest BCUT2D eigenvalue weighted by molar-refractivity contribution is -0.123. The maximum Gasteiger partial charge on any atom is 0.258 e. The molecule has 0 fully saturated rings. The third kappa shape index (κ3) is 4.98. The van der Waals surface area contributed by atoms with Crippen LogP contribution in [-0.2, 0) is 11.2 Å². The van der Waals surface area contributed by atoms with Gasteiger partial charge in [-0.2, -0.15) is 0 Å². The van der Waals surface area contributed by atoms with E-state index in [2.05, 4.69) is 0 Å². The Bertz CT molecular complexity index is 1100. The number of hydrogen-bond donors (Lipinski definition) is 2. The van der Waals surface area contributed by atoms with E-state index in [9.17, 15) is 14.3 Å². The predicted molar refractivity (Wildman–Crippen MR) is 117 cm³/mol. The summed E-state index contributed by atoms with van der Waals surface area (Å²) in [5, 5.41) is 10.9. The molecule has 0 unspecified atom stereocenters. The van der Waals surface area contributed by atoms with Crippen LogP contribution in [0.1, 0.15) is 18.1 Å². The van der Waals surface area contributed by atoms with Crippen molar-refractivity contribution in [3.8, 4) is 22.6 Å². The van der Waals surface area contributed by atoms with Crippen LogP contribution >= 0.6 is 34.8 Å². The van der Waals surface area contributed by atoms with Gasteiger partial charge in [-0.3, -0.25) is 4.79 Å². The van der Waals surface area contributed by atoms with E-state index < -0.39 is 17.8 Å². The lowest BCUT2D eigenvalue weighted by Gasteiger charge is -2.15. The molecule has 3 rings (SSSR count). The number of amides is 1. The van der Waals surface area contributed by atoms with E-state index in [-0.39, 0.29) is 10.8 Å². The van der Waals surface area contributed by atoms with Gasteiger partial charge in [-0.15, -0.1) is 0 Å². The molecule has 0 radical (unpaired) electrons. The molecule has 3 N–H and O–H groups in total. The molecule has 0 saturated heterocycles. The molecule has 3 aromatic carbocycles. The largest absolute Gasteiger partial charge is 0.507 e. The first-order chi connectivity index (χ1) is 14.2. The topological polar surface area (TPSA) is 72.6 Å². The second kappa shape index (κ2) is 9.13. The molecule has 0 aromatic heterocycles. The van der Waals surface area contributed by atoms with E-state index in [0.29, 0.717) is 38.9 Å². The zero-order valence-electron chi connectivity index (χ0n) is 15.8. The van der Waals surface area contributed by atoms with E-state index in [4.69, 9.17) is 45.3 Å². The van der Waals surface area contributed by atoms with Gasteiger partial charge in [0.05, 0.1) is 5.02 Å². The highest BCUT2D eigenvalue weighted by Crippen LogP contribution is 2.36. The highest BCUT2D eigenvalue weighted by Gasteiger charge is 2.16. The molecule has 0 heterocycles. The third-order valence-corrected chi connectivity index (χ3v) is 5.46. The Morgan fingerprint density at radius 2 is 1.73 bits per heavy atom. The molecule has 0 spiro atoms. The van der Waals surface area contributed by atoms with Crippen molar-refractivity contribution >= 4 is 40.7 Å². The Labute approximate surface area is 187 Å². The molecular formula is C22H17Cl3FNO3. The first kappa shape index (κ1) is 22.2. The first-order valence-corrected chi connectivity index (χ1v) is 10.00. The molecule has 0 bridgehead atoms. The van der Waals surface area contributed by atoms with Crippen LogP contribution in [-0.4, -0.2) is 17.1 Å². The van der Waals surface area contributed by atoms with Gasteiger partial charge in [-0.05, 0) is 60.0 Å². The molecule has 0 aliphatic rings. The van der Waals surface area contributed by atoms with Crippen LogP contribution in [0.5, 0.6) is 11.5 Å². The third-order valence-electron chi connectivity index (χ3n) is 4.50. The van der Waals surface area contributed by atoms with E-state index in [1.165, 1.54) is 31.2 Å². The van der Waals surface area contributed by atoms with Gasteiger partial charge < -0.3 is 15.6 Å². The summed E-state index contributed by atoms with van der Waals surface area (Å²) < 4.78 is 18.9. The molecule has 4 nitrogen and oxygen atoms in total. The summed E-state index contributed by atoms with van der Waals surface area (Å²) in [6.07, 6.45) is -0.462. The molecule has 1 atom stereocenters. The molecule has 0 aliphatic heterocycles. The van der Waals surface area contributed by atoms with Gasteiger partial charge in [0.1, 0.15) is 17.3 Å². The second-order valence-corrected chi connectivity index (χ2v) is 7.91. The molecule has 0 saturated carbocycles. The molecule has 30 heavy (non-hydrogen) atoms. The summed E-state index contributed by atoms with van der Waals surface area (Å²) in [6.45, 7) is 1.53. The Balaban J connectivity index is 1.91. The SMILES string of the molecule is C[C@@H](Oc1cc(Cl)c(Cc2ccc(O)c(-c3ccc(F)c(Cl)c3)c2)c(Cl)c1)C(N)=O. The lowest BCUT2D eigenvalue weighted by atomic mass is 9.98. The monoisotopic (exact) mass is 467 g/mol.